The molecule has 144 valence electrons. The summed E-state index contributed by atoms with van der Waals surface area (Å²) in [6.45, 7) is 4.15. The Hall–Kier alpha value is -3.54. The summed E-state index contributed by atoms with van der Waals surface area (Å²) in [5, 5.41) is 6.13. The molecule has 28 heavy (non-hydrogen) atoms. The van der Waals surface area contributed by atoms with Crippen LogP contribution in [-0.4, -0.2) is 25.1 Å². The molecule has 1 heterocycles. The van der Waals surface area contributed by atoms with Gasteiger partial charge in [-0.1, -0.05) is 12.1 Å². The smallest absolute Gasteiger partial charge is 0.257 e. The Morgan fingerprint density at radius 3 is 2.29 bits per heavy atom. The summed E-state index contributed by atoms with van der Waals surface area (Å²) in [4.78, 5) is 16.9. The number of nitrogens with zero attached hydrogens (tertiary/aromatic N) is 1. The summed E-state index contributed by atoms with van der Waals surface area (Å²) in [6.07, 6.45) is 1.68. The van der Waals surface area contributed by atoms with Crippen LogP contribution in [0.25, 0.3) is 0 Å². The third kappa shape index (κ3) is 4.40. The zero-order valence-corrected chi connectivity index (χ0v) is 16.4. The van der Waals surface area contributed by atoms with E-state index < -0.39 is 0 Å². The predicted octanol–water partition coefficient (Wildman–Crippen LogP) is 4.71. The van der Waals surface area contributed by atoms with Crippen LogP contribution in [0.1, 0.15) is 21.5 Å². The molecule has 0 unspecified atom stereocenters. The number of pyridine rings is 1. The van der Waals surface area contributed by atoms with Gasteiger partial charge in [-0.15, -0.1) is 0 Å². The quantitative estimate of drug-likeness (QED) is 0.651. The SMILES string of the molecule is COc1cc(OC)cc(C(=O)Nc2ccc(Nc3cccc(C)c3C)cn2)c1. The molecule has 3 aromatic rings. The Morgan fingerprint density at radius 1 is 0.964 bits per heavy atom. The van der Waals surface area contributed by atoms with Gasteiger partial charge in [0.2, 0.25) is 0 Å². The van der Waals surface area contributed by atoms with E-state index >= 15 is 0 Å². The molecule has 3 rings (SSSR count). The summed E-state index contributed by atoms with van der Waals surface area (Å²) < 4.78 is 10.4. The monoisotopic (exact) mass is 377 g/mol. The second-order valence-corrected chi connectivity index (χ2v) is 6.36. The first kappa shape index (κ1) is 19.2. The average Bonchev–Trinajstić information content (AvgIpc) is 2.72. The van der Waals surface area contributed by atoms with Crippen LogP contribution in [0.2, 0.25) is 0 Å². The lowest BCUT2D eigenvalue weighted by Crippen LogP contribution is -2.13. The van der Waals surface area contributed by atoms with E-state index in [1.807, 2.05) is 18.2 Å². The van der Waals surface area contributed by atoms with Gasteiger partial charge in [-0.3, -0.25) is 4.79 Å². The van der Waals surface area contributed by atoms with Crippen molar-refractivity contribution in [3.63, 3.8) is 0 Å². The van der Waals surface area contributed by atoms with E-state index in [1.54, 1.807) is 44.7 Å². The van der Waals surface area contributed by atoms with Crippen LogP contribution in [0.3, 0.4) is 0 Å². The molecule has 2 N–H and O–H groups in total. The average molecular weight is 377 g/mol. The number of hydrogen-bond acceptors (Lipinski definition) is 5. The number of amides is 1. The number of aryl methyl sites for hydroxylation is 1. The fourth-order valence-corrected chi connectivity index (χ4v) is 2.71. The lowest BCUT2D eigenvalue weighted by molar-refractivity contribution is 0.102. The molecular weight excluding hydrogens is 354 g/mol. The molecule has 2 aromatic carbocycles. The van der Waals surface area contributed by atoms with E-state index in [9.17, 15) is 4.79 Å². The summed E-state index contributed by atoms with van der Waals surface area (Å²) in [6, 6.07) is 14.7. The summed E-state index contributed by atoms with van der Waals surface area (Å²) >= 11 is 0. The number of hydrogen-bond donors (Lipinski definition) is 2. The van der Waals surface area contributed by atoms with Crippen LogP contribution in [0.4, 0.5) is 17.2 Å². The first-order valence-corrected chi connectivity index (χ1v) is 8.84. The molecule has 0 bridgehead atoms. The van der Waals surface area contributed by atoms with Gasteiger partial charge >= 0.3 is 0 Å². The van der Waals surface area contributed by atoms with Gasteiger partial charge in [0.15, 0.2) is 0 Å². The zero-order valence-electron chi connectivity index (χ0n) is 16.4. The third-order valence-electron chi connectivity index (χ3n) is 4.50. The highest BCUT2D eigenvalue weighted by Crippen LogP contribution is 2.24. The van der Waals surface area contributed by atoms with Crippen molar-refractivity contribution in [2.45, 2.75) is 13.8 Å². The van der Waals surface area contributed by atoms with E-state index in [0.717, 1.165) is 11.4 Å². The first-order valence-electron chi connectivity index (χ1n) is 8.84. The van der Waals surface area contributed by atoms with E-state index in [-0.39, 0.29) is 5.91 Å². The number of carbonyl (C=O) groups is 1. The van der Waals surface area contributed by atoms with Crippen LogP contribution in [-0.2, 0) is 0 Å². The molecule has 0 aliphatic heterocycles. The maximum Gasteiger partial charge on any atom is 0.257 e. The van der Waals surface area contributed by atoms with Gasteiger partial charge in [-0.25, -0.2) is 4.98 Å². The number of rotatable bonds is 6. The molecule has 0 aliphatic carbocycles. The molecule has 0 saturated heterocycles. The lowest BCUT2D eigenvalue weighted by atomic mass is 10.1. The van der Waals surface area contributed by atoms with Gasteiger partial charge in [0.05, 0.1) is 26.1 Å². The highest BCUT2D eigenvalue weighted by molar-refractivity contribution is 6.04. The molecule has 0 radical (unpaired) electrons. The van der Waals surface area contributed by atoms with E-state index in [2.05, 4.69) is 35.5 Å². The number of anilines is 3. The van der Waals surface area contributed by atoms with Crippen molar-refractivity contribution in [1.29, 1.82) is 0 Å². The summed E-state index contributed by atoms with van der Waals surface area (Å²) in [5.41, 5.74) is 4.70. The molecule has 0 spiro atoms. The fourth-order valence-electron chi connectivity index (χ4n) is 2.71. The van der Waals surface area contributed by atoms with Crippen LogP contribution >= 0.6 is 0 Å². The molecule has 1 aromatic heterocycles. The van der Waals surface area contributed by atoms with Crippen molar-refractivity contribution in [3.8, 4) is 11.5 Å². The number of benzene rings is 2. The van der Waals surface area contributed by atoms with Crippen LogP contribution in [0, 0.1) is 13.8 Å². The van der Waals surface area contributed by atoms with Crippen molar-refractivity contribution < 1.29 is 14.3 Å². The van der Waals surface area contributed by atoms with Gasteiger partial charge in [0.25, 0.3) is 5.91 Å². The van der Waals surface area contributed by atoms with E-state index in [0.29, 0.717) is 22.9 Å². The normalized spacial score (nSPS) is 10.3. The van der Waals surface area contributed by atoms with Crippen molar-refractivity contribution >= 4 is 23.1 Å². The van der Waals surface area contributed by atoms with Gasteiger partial charge in [0, 0.05) is 17.3 Å². The number of nitrogens with one attached hydrogen (secondary N) is 2. The Labute approximate surface area is 164 Å². The van der Waals surface area contributed by atoms with Crippen molar-refractivity contribution in [2.75, 3.05) is 24.9 Å². The molecule has 0 aliphatic rings. The van der Waals surface area contributed by atoms with Crippen LogP contribution in [0.5, 0.6) is 11.5 Å². The minimum atomic E-state index is -0.292. The topological polar surface area (TPSA) is 72.5 Å². The maximum absolute atomic E-state index is 12.5. The first-order chi connectivity index (χ1) is 13.5. The summed E-state index contributed by atoms with van der Waals surface area (Å²) in [5.74, 6) is 1.26. The molecule has 1 amide bonds. The lowest BCUT2D eigenvalue weighted by Gasteiger charge is -2.12. The Balaban J connectivity index is 1.72. The Bertz CT molecular complexity index is 963. The number of ether oxygens (including phenoxy) is 2. The van der Waals surface area contributed by atoms with Gasteiger partial charge in [0.1, 0.15) is 17.3 Å². The van der Waals surface area contributed by atoms with E-state index in [4.69, 9.17) is 9.47 Å². The second kappa shape index (κ2) is 8.43. The number of methoxy groups -OCH3 is 2. The van der Waals surface area contributed by atoms with Crippen molar-refractivity contribution in [1.82, 2.24) is 4.98 Å². The number of aromatic nitrogens is 1. The molecule has 6 nitrogen and oxygen atoms in total. The van der Waals surface area contributed by atoms with Gasteiger partial charge < -0.3 is 20.1 Å². The zero-order chi connectivity index (χ0) is 20.1. The van der Waals surface area contributed by atoms with Gasteiger partial charge in [-0.05, 0) is 55.3 Å². The van der Waals surface area contributed by atoms with Crippen molar-refractivity contribution in [3.05, 3.63) is 71.4 Å². The van der Waals surface area contributed by atoms with Crippen LogP contribution in [0.15, 0.2) is 54.7 Å². The highest BCUT2D eigenvalue weighted by Gasteiger charge is 2.11. The van der Waals surface area contributed by atoms with Gasteiger partial charge in [-0.2, -0.15) is 0 Å². The Morgan fingerprint density at radius 2 is 1.68 bits per heavy atom. The molecule has 0 fully saturated rings. The number of carbonyl (C=O) groups excluding carboxylic acids is 1. The molecule has 0 atom stereocenters. The Kier molecular flexibility index (Phi) is 5.79. The largest absolute Gasteiger partial charge is 0.497 e. The predicted molar refractivity (Wildman–Crippen MR) is 111 cm³/mol. The summed E-state index contributed by atoms with van der Waals surface area (Å²) in [7, 11) is 3.08. The van der Waals surface area contributed by atoms with Crippen molar-refractivity contribution in [2.24, 2.45) is 0 Å². The molecule has 0 saturated carbocycles. The second-order valence-electron chi connectivity index (χ2n) is 6.36. The molecular formula is C22H23N3O3. The van der Waals surface area contributed by atoms with Crippen LogP contribution < -0.4 is 20.1 Å². The minimum absolute atomic E-state index is 0.292. The minimum Gasteiger partial charge on any atom is -0.497 e. The maximum atomic E-state index is 12.5. The third-order valence-corrected chi connectivity index (χ3v) is 4.50. The standard InChI is InChI=1S/C22H23N3O3/c1-14-6-5-7-20(15(14)2)24-17-8-9-21(23-13-17)25-22(26)16-10-18(27-3)12-19(11-16)28-4/h5-13,24H,1-4H3,(H,23,25,26). The van der Waals surface area contributed by atoms with E-state index in [1.165, 1.54) is 11.1 Å². The fraction of sp³-hybridized carbons (Fsp3) is 0.182. The highest BCUT2D eigenvalue weighted by atomic mass is 16.5. The molecule has 6 heteroatoms.